The maximum atomic E-state index is 12.3. The van der Waals surface area contributed by atoms with Crippen molar-refractivity contribution in [1.29, 1.82) is 0 Å². The Bertz CT molecular complexity index is 858. The van der Waals surface area contributed by atoms with E-state index in [0.29, 0.717) is 12.3 Å². The molecule has 0 unspecified atom stereocenters. The van der Waals surface area contributed by atoms with Crippen molar-refractivity contribution >= 4 is 11.6 Å². The number of nitrogens with zero attached hydrogens (tertiary/aromatic N) is 2. The van der Waals surface area contributed by atoms with Gasteiger partial charge in [0.1, 0.15) is 0 Å². The molecule has 2 aromatic heterocycles. The lowest BCUT2D eigenvalue weighted by atomic mass is 9.95. The molecular weight excluding hydrogens is 316 g/mol. The Labute approximate surface area is 146 Å². The lowest BCUT2D eigenvalue weighted by Gasteiger charge is -2.12. The normalized spacial score (nSPS) is 12.2. The molecule has 0 aliphatic rings. The topological polar surface area (TPSA) is 83.8 Å². The highest BCUT2D eigenvalue weighted by Crippen LogP contribution is 2.25. The van der Waals surface area contributed by atoms with Crippen LogP contribution in [0, 0.1) is 20.8 Å². The molecule has 0 bridgehead atoms. The number of anilines is 1. The number of aryl methyl sites for hydroxylation is 3. The van der Waals surface area contributed by atoms with Crippen LogP contribution in [0.3, 0.4) is 0 Å². The summed E-state index contributed by atoms with van der Waals surface area (Å²) in [6.45, 7) is 7.79. The number of nitrogens with one attached hydrogen (secondary N) is 2. The van der Waals surface area contributed by atoms with E-state index in [0.717, 1.165) is 34.0 Å². The summed E-state index contributed by atoms with van der Waals surface area (Å²) < 4.78 is 5.50. The van der Waals surface area contributed by atoms with Gasteiger partial charge in [0, 0.05) is 30.3 Å². The lowest BCUT2D eigenvalue weighted by Crippen LogP contribution is -2.15. The molecule has 6 nitrogen and oxygen atoms in total. The van der Waals surface area contributed by atoms with Gasteiger partial charge in [0.2, 0.25) is 5.91 Å². The number of aromatic amines is 1. The van der Waals surface area contributed by atoms with Gasteiger partial charge >= 0.3 is 0 Å². The molecule has 2 N–H and O–H groups in total. The molecule has 0 radical (unpaired) electrons. The highest BCUT2D eigenvalue weighted by atomic mass is 16.4. The monoisotopic (exact) mass is 338 g/mol. The van der Waals surface area contributed by atoms with Crippen LogP contribution >= 0.6 is 0 Å². The molecule has 0 fully saturated rings. The van der Waals surface area contributed by atoms with Crippen LogP contribution in [-0.2, 0) is 4.79 Å². The standard InChI is InChI=1S/C19H22N4O2/c1-11(19-12(2)22-23-13(19)3)9-18(24)21-16-7-5-15(6-8-16)17-10-20-14(4)25-17/h5-8,10-11H,9H2,1-4H3,(H,21,24)(H,22,23)/t11-/m1/s1. The summed E-state index contributed by atoms with van der Waals surface area (Å²) in [5.41, 5.74) is 4.77. The number of benzene rings is 1. The summed E-state index contributed by atoms with van der Waals surface area (Å²) in [6.07, 6.45) is 2.10. The minimum Gasteiger partial charge on any atom is -0.441 e. The molecule has 0 aliphatic carbocycles. The SMILES string of the molecule is Cc1ncc(-c2ccc(NC(=O)C[C@@H](C)c3c(C)n[nH]c3C)cc2)o1. The van der Waals surface area contributed by atoms with E-state index in [1.54, 1.807) is 6.20 Å². The van der Waals surface area contributed by atoms with Crippen LogP contribution in [-0.4, -0.2) is 21.1 Å². The summed E-state index contributed by atoms with van der Waals surface area (Å²) in [5.74, 6) is 1.44. The zero-order valence-corrected chi connectivity index (χ0v) is 14.9. The van der Waals surface area contributed by atoms with Crippen molar-refractivity contribution in [2.75, 3.05) is 5.32 Å². The molecular formula is C19H22N4O2. The van der Waals surface area contributed by atoms with Crippen molar-refractivity contribution in [3.05, 3.63) is 53.3 Å². The minimum atomic E-state index is -0.0178. The quantitative estimate of drug-likeness (QED) is 0.733. The van der Waals surface area contributed by atoms with Crippen molar-refractivity contribution in [1.82, 2.24) is 15.2 Å². The number of amides is 1. The first-order chi connectivity index (χ1) is 11.9. The van der Waals surface area contributed by atoms with Gasteiger partial charge in [-0.25, -0.2) is 4.98 Å². The van der Waals surface area contributed by atoms with E-state index in [2.05, 4.69) is 20.5 Å². The Hall–Kier alpha value is -2.89. The number of oxazole rings is 1. The fourth-order valence-corrected chi connectivity index (χ4v) is 3.09. The average Bonchev–Trinajstić information content (AvgIpc) is 3.13. The first kappa shape index (κ1) is 17.0. The number of hydrogen-bond acceptors (Lipinski definition) is 4. The highest BCUT2D eigenvalue weighted by Gasteiger charge is 2.17. The van der Waals surface area contributed by atoms with Gasteiger partial charge in [-0.1, -0.05) is 6.92 Å². The molecule has 0 aliphatic heterocycles. The van der Waals surface area contributed by atoms with Crippen molar-refractivity contribution < 1.29 is 9.21 Å². The number of carbonyl (C=O) groups is 1. The molecule has 0 saturated heterocycles. The van der Waals surface area contributed by atoms with E-state index in [1.165, 1.54) is 0 Å². The summed E-state index contributed by atoms with van der Waals surface area (Å²) in [7, 11) is 0. The van der Waals surface area contributed by atoms with Gasteiger partial charge in [0.05, 0.1) is 11.9 Å². The zero-order chi connectivity index (χ0) is 18.0. The molecule has 1 amide bonds. The van der Waals surface area contributed by atoms with Crippen molar-refractivity contribution in [2.24, 2.45) is 0 Å². The minimum absolute atomic E-state index is 0.0178. The average molecular weight is 338 g/mol. The first-order valence-electron chi connectivity index (χ1n) is 8.28. The van der Waals surface area contributed by atoms with Gasteiger partial charge in [-0.2, -0.15) is 5.10 Å². The number of H-pyrrole nitrogens is 1. The summed E-state index contributed by atoms with van der Waals surface area (Å²) in [6, 6.07) is 7.54. The van der Waals surface area contributed by atoms with Crippen LogP contribution in [0.4, 0.5) is 5.69 Å². The number of carbonyl (C=O) groups excluding carboxylic acids is 1. The lowest BCUT2D eigenvalue weighted by molar-refractivity contribution is -0.116. The molecule has 3 rings (SSSR count). The summed E-state index contributed by atoms with van der Waals surface area (Å²) in [5, 5.41) is 10.1. The fraction of sp³-hybridized carbons (Fsp3) is 0.316. The second-order valence-corrected chi connectivity index (χ2v) is 6.32. The smallest absolute Gasteiger partial charge is 0.224 e. The predicted molar refractivity (Wildman–Crippen MR) is 96.4 cm³/mol. The van der Waals surface area contributed by atoms with Gasteiger partial charge in [-0.15, -0.1) is 0 Å². The zero-order valence-electron chi connectivity index (χ0n) is 14.9. The van der Waals surface area contributed by atoms with Gasteiger partial charge in [-0.3, -0.25) is 9.89 Å². The number of hydrogen-bond donors (Lipinski definition) is 2. The van der Waals surface area contributed by atoms with Crippen LogP contribution < -0.4 is 5.32 Å². The van der Waals surface area contributed by atoms with Crippen LogP contribution in [0.25, 0.3) is 11.3 Å². The molecule has 6 heteroatoms. The summed E-state index contributed by atoms with van der Waals surface area (Å²) >= 11 is 0. The Morgan fingerprint density at radius 3 is 2.52 bits per heavy atom. The maximum absolute atomic E-state index is 12.3. The predicted octanol–water partition coefficient (Wildman–Crippen LogP) is 4.12. The third-order valence-electron chi connectivity index (χ3n) is 4.24. The Morgan fingerprint density at radius 1 is 1.24 bits per heavy atom. The molecule has 0 spiro atoms. The van der Waals surface area contributed by atoms with Crippen molar-refractivity contribution in [2.45, 2.75) is 40.0 Å². The van der Waals surface area contributed by atoms with Crippen LogP contribution in [0.5, 0.6) is 0 Å². The van der Waals surface area contributed by atoms with E-state index >= 15 is 0 Å². The molecule has 130 valence electrons. The second-order valence-electron chi connectivity index (χ2n) is 6.32. The van der Waals surface area contributed by atoms with Crippen LogP contribution in [0.15, 0.2) is 34.9 Å². The van der Waals surface area contributed by atoms with E-state index < -0.39 is 0 Å². The third kappa shape index (κ3) is 3.79. The van der Waals surface area contributed by atoms with Gasteiger partial charge in [-0.05, 0) is 49.6 Å². The van der Waals surface area contributed by atoms with Crippen molar-refractivity contribution in [3.63, 3.8) is 0 Å². The van der Waals surface area contributed by atoms with Crippen molar-refractivity contribution in [3.8, 4) is 11.3 Å². The van der Waals surface area contributed by atoms with E-state index in [9.17, 15) is 4.79 Å². The molecule has 0 saturated carbocycles. The Morgan fingerprint density at radius 2 is 1.96 bits per heavy atom. The first-order valence-corrected chi connectivity index (χ1v) is 8.28. The largest absolute Gasteiger partial charge is 0.441 e. The van der Waals surface area contributed by atoms with Crippen LogP contribution in [0.1, 0.15) is 42.1 Å². The molecule has 1 atom stereocenters. The number of rotatable bonds is 5. The number of aromatic nitrogens is 3. The van der Waals surface area contributed by atoms with E-state index in [-0.39, 0.29) is 11.8 Å². The van der Waals surface area contributed by atoms with Gasteiger partial charge in [0.15, 0.2) is 11.7 Å². The fourth-order valence-electron chi connectivity index (χ4n) is 3.09. The molecule has 1 aromatic carbocycles. The Balaban J connectivity index is 1.63. The second kappa shape index (κ2) is 6.93. The molecule has 3 aromatic rings. The van der Waals surface area contributed by atoms with E-state index in [1.807, 2.05) is 52.0 Å². The maximum Gasteiger partial charge on any atom is 0.224 e. The molecule has 2 heterocycles. The highest BCUT2D eigenvalue weighted by molar-refractivity contribution is 5.91. The van der Waals surface area contributed by atoms with Gasteiger partial charge < -0.3 is 9.73 Å². The summed E-state index contributed by atoms with van der Waals surface area (Å²) in [4.78, 5) is 16.4. The Kier molecular flexibility index (Phi) is 4.70. The van der Waals surface area contributed by atoms with Gasteiger partial charge in [0.25, 0.3) is 0 Å². The van der Waals surface area contributed by atoms with E-state index in [4.69, 9.17) is 4.42 Å². The third-order valence-corrected chi connectivity index (χ3v) is 4.24. The van der Waals surface area contributed by atoms with Crippen LogP contribution in [0.2, 0.25) is 0 Å². The molecule has 25 heavy (non-hydrogen) atoms.